The fraction of sp³-hybridized carbons (Fsp3) is 0.125. The van der Waals surface area contributed by atoms with Crippen LogP contribution in [0.25, 0.3) is 0 Å². The van der Waals surface area contributed by atoms with E-state index in [2.05, 4.69) is 0 Å². The number of rotatable bonds is 4. The number of aromatic carboxylic acids is 1. The second-order valence-electron chi connectivity index (χ2n) is 4.98. The van der Waals surface area contributed by atoms with Gasteiger partial charge in [-0.25, -0.2) is 14.3 Å². The average molecular weight is 330 g/mol. The van der Waals surface area contributed by atoms with Crippen LogP contribution in [0, 0.1) is 0 Å². The summed E-state index contributed by atoms with van der Waals surface area (Å²) in [6, 6.07) is 9.22. The van der Waals surface area contributed by atoms with Crippen LogP contribution in [0.2, 0.25) is 0 Å². The number of ether oxygens (including phenoxy) is 1. The molecular formula is C16H14N2O6. The van der Waals surface area contributed by atoms with Crippen LogP contribution in [0.4, 0.5) is 0 Å². The van der Waals surface area contributed by atoms with Crippen molar-refractivity contribution in [2.75, 3.05) is 5.84 Å². The molecule has 0 fully saturated rings. The van der Waals surface area contributed by atoms with Crippen LogP contribution in [-0.2, 0) is 9.53 Å². The quantitative estimate of drug-likeness (QED) is 0.480. The Hall–Kier alpha value is -3.42. The summed E-state index contributed by atoms with van der Waals surface area (Å²) in [6.07, 6.45) is 0. The minimum atomic E-state index is -1.21. The number of carbonyl (C=O) groups is 3. The van der Waals surface area contributed by atoms with Gasteiger partial charge in [-0.3, -0.25) is 9.59 Å². The van der Waals surface area contributed by atoms with Crippen LogP contribution in [0.1, 0.15) is 39.3 Å². The standard InChI is InChI=1S/C16H14N2O6/c1-9(12-6-3-7-13(19)18(12)17)15(22)24-16(23)11-5-2-4-10(8-11)14(20)21/h2-9H,17H2,1H3,(H,20,21). The van der Waals surface area contributed by atoms with E-state index in [1.54, 1.807) is 0 Å². The number of aromatic nitrogens is 1. The molecule has 0 amide bonds. The number of carboxylic acids is 1. The molecule has 1 heterocycles. The van der Waals surface area contributed by atoms with Gasteiger partial charge >= 0.3 is 17.9 Å². The van der Waals surface area contributed by atoms with Crippen LogP contribution < -0.4 is 11.4 Å². The number of nitrogens with zero attached hydrogens (tertiary/aromatic N) is 1. The van der Waals surface area contributed by atoms with Gasteiger partial charge in [0.1, 0.15) is 0 Å². The first-order chi connectivity index (χ1) is 11.3. The van der Waals surface area contributed by atoms with Crippen molar-refractivity contribution >= 4 is 17.9 Å². The second-order valence-corrected chi connectivity index (χ2v) is 4.98. The molecule has 8 heteroatoms. The van der Waals surface area contributed by atoms with Crippen molar-refractivity contribution in [3.05, 3.63) is 69.6 Å². The molecule has 124 valence electrons. The Bertz CT molecular complexity index is 871. The number of carboxylic acid groups (broad SMARTS) is 1. The van der Waals surface area contributed by atoms with Crippen molar-refractivity contribution in [1.82, 2.24) is 4.68 Å². The third-order valence-electron chi connectivity index (χ3n) is 3.36. The van der Waals surface area contributed by atoms with Gasteiger partial charge in [0.05, 0.1) is 22.7 Å². The molecule has 0 radical (unpaired) electrons. The Morgan fingerprint density at radius 3 is 2.42 bits per heavy atom. The maximum Gasteiger partial charge on any atom is 0.345 e. The van der Waals surface area contributed by atoms with Gasteiger partial charge in [0.25, 0.3) is 5.56 Å². The first kappa shape index (κ1) is 16.9. The Balaban J connectivity index is 2.18. The number of hydrogen-bond donors (Lipinski definition) is 2. The highest BCUT2D eigenvalue weighted by Crippen LogP contribution is 2.15. The van der Waals surface area contributed by atoms with Crippen LogP contribution >= 0.6 is 0 Å². The number of nitrogens with two attached hydrogens (primary N) is 1. The van der Waals surface area contributed by atoms with E-state index in [1.165, 1.54) is 43.3 Å². The number of carbonyl (C=O) groups excluding carboxylic acids is 2. The summed E-state index contributed by atoms with van der Waals surface area (Å²) in [5.74, 6) is 1.49. The van der Waals surface area contributed by atoms with Crippen LogP contribution in [0.3, 0.4) is 0 Å². The molecule has 0 aliphatic rings. The van der Waals surface area contributed by atoms with Crippen LogP contribution in [-0.4, -0.2) is 27.7 Å². The van der Waals surface area contributed by atoms with Crippen LogP contribution in [0.15, 0.2) is 47.3 Å². The van der Waals surface area contributed by atoms with Gasteiger partial charge in [0.2, 0.25) is 0 Å². The molecule has 1 unspecified atom stereocenters. The van der Waals surface area contributed by atoms with E-state index in [1.807, 2.05) is 0 Å². The largest absolute Gasteiger partial charge is 0.478 e. The SMILES string of the molecule is CC(C(=O)OC(=O)c1cccc(C(=O)O)c1)c1cccc(=O)n1N. The number of pyridine rings is 1. The summed E-state index contributed by atoms with van der Waals surface area (Å²) in [6.45, 7) is 1.43. The molecule has 0 bridgehead atoms. The summed E-state index contributed by atoms with van der Waals surface area (Å²) in [4.78, 5) is 46.4. The molecule has 2 rings (SSSR count). The first-order valence-electron chi connectivity index (χ1n) is 6.87. The fourth-order valence-electron chi connectivity index (χ4n) is 2.01. The molecule has 0 aliphatic carbocycles. The monoisotopic (exact) mass is 330 g/mol. The number of hydrogen-bond acceptors (Lipinski definition) is 6. The maximum absolute atomic E-state index is 12.1. The molecule has 0 spiro atoms. The van der Waals surface area contributed by atoms with E-state index >= 15 is 0 Å². The van der Waals surface area contributed by atoms with E-state index in [9.17, 15) is 19.2 Å². The molecule has 24 heavy (non-hydrogen) atoms. The molecule has 2 aromatic rings. The smallest absolute Gasteiger partial charge is 0.345 e. The van der Waals surface area contributed by atoms with Crippen molar-refractivity contribution in [2.24, 2.45) is 0 Å². The van der Waals surface area contributed by atoms with Crippen molar-refractivity contribution in [3.63, 3.8) is 0 Å². The van der Waals surface area contributed by atoms with Gasteiger partial charge < -0.3 is 15.7 Å². The second kappa shape index (κ2) is 6.78. The van der Waals surface area contributed by atoms with Crippen molar-refractivity contribution in [1.29, 1.82) is 0 Å². The molecule has 0 saturated carbocycles. The molecule has 8 nitrogen and oxygen atoms in total. The topological polar surface area (TPSA) is 129 Å². The van der Waals surface area contributed by atoms with Gasteiger partial charge in [-0.2, -0.15) is 0 Å². The van der Waals surface area contributed by atoms with Gasteiger partial charge in [-0.15, -0.1) is 0 Å². The predicted octanol–water partition coefficient (Wildman–Crippen LogP) is 0.747. The highest BCUT2D eigenvalue weighted by molar-refractivity contribution is 6.00. The lowest BCUT2D eigenvalue weighted by molar-refractivity contribution is -0.139. The summed E-state index contributed by atoms with van der Waals surface area (Å²) >= 11 is 0. The van der Waals surface area contributed by atoms with Gasteiger partial charge in [0, 0.05) is 6.07 Å². The number of nitrogen functional groups attached to an aromatic ring is 1. The van der Waals surface area contributed by atoms with Crippen molar-refractivity contribution < 1.29 is 24.2 Å². The molecular weight excluding hydrogens is 316 g/mol. The fourth-order valence-corrected chi connectivity index (χ4v) is 2.01. The zero-order valence-corrected chi connectivity index (χ0v) is 12.6. The predicted molar refractivity (Wildman–Crippen MR) is 83.1 cm³/mol. The summed E-state index contributed by atoms with van der Waals surface area (Å²) in [5, 5.41) is 8.90. The lowest BCUT2D eigenvalue weighted by Crippen LogP contribution is -2.32. The molecule has 1 aromatic heterocycles. The van der Waals surface area contributed by atoms with E-state index in [-0.39, 0.29) is 16.8 Å². The Morgan fingerprint density at radius 1 is 1.12 bits per heavy atom. The highest BCUT2D eigenvalue weighted by atomic mass is 16.6. The average Bonchev–Trinajstić information content (AvgIpc) is 2.56. The highest BCUT2D eigenvalue weighted by Gasteiger charge is 2.23. The minimum absolute atomic E-state index is 0.0753. The Morgan fingerprint density at radius 2 is 1.75 bits per heavy atom. The third kappa shape index (κ3) is 3.49. The van der Waals surface area contributed by atoms with Gasteiger partial charge in [0.15, 0.2) is 0 Å². The molecule has 1 atom stereocenters. The van der Waals surface area contributed by atoms with Gasteiger partial charge in [-0.05, 0) is 31.2 Å². The van der Waals surface area contributed by atoms with E-state index in [0.717, 1.165) is 10.7 Å². The van der Waals surface area contributed by atoms with E-state index in [0.29, 0.717) is 0 Å². The Kier molecular flexibility index (Phi) is 4.78. The molecule has 1 aromatic carbocycles. The Labute approximate surface area is 136 Å². The lowest BCUT2D eigenvalue weighted by atomic mass is 10.1. The van der Waals surface area contributed by atoms with E-state index < -0.39 is 29.4 Å². The summed E-state index contributed by atoms with van der Waals surface area (Å²) < 4.78 is 5.53. The van der Waals surface area contributed by atoms with Gasteiger partial charge in [-0.1, -0.05) is 12.1 Å². The normalized spacial score (nSPS) is 11.5. The van der Waals surface area contributed by atoms with Crippen molar-refractivity contribution in [2.45, 2.75) is 12.8 Å². The van der Waals surface area contributed by atoms with Crippen LogP contribution in [0.5, 0.6) is 0 Å². The molecule has 3 N–H and O–H groups in total. The molecule has 0 aliphatic heterocycles. The lowest BCUT2D eigenvalue weighted by Gasteiger charge is -2.13. The zero-order chi connectivity index (χ0) is 17.9. The number of esters is 2. The minimum Gasteiger partial charge on any atom is -0.478 e. The van der Waals surface area contributed by atoms with Crippen molar-refractivity contribution in [3.8, 4) is 0 Å². The summed E-state index contributed by atoms with van der Waals surface area (Å²) in [7, 11) is 0. The van der Waals surface area contributed by atoms with E-state index in [4.69, 9.17) is 15.7 Å². The maximum atomic E-state index is 12.1. The molecule has 0 saturated heterocycles. The number of benzene rings is 1. The summed E-state index contributed by atoms with van der Waals surface area (Å²) in [5.41, 5.74) is -0.510. The first-order valence-corrected chi connectivity index (χ1v) is 6.87. The third-order valence-corrected chi connectivity index (χ3v) is 3.36. The zero-order valence-electron chi connectivity index (χ0n) is 12.6.